The molecule has 0 aromatic heterocycles. The van der Waals surface area contributed by atoms with Crippen molar-refractivity contribution in [3.05, 3.63) is 29.8 Å². The van der Waals surface area contributed by atoms with E-state index in [4.69, 9.17) is 10.2 Å². The Labute approximate surface area is 82.2 Å². The van der Waals surface area contributed by atoms with Gasteiger partial charge in [-0.3, -0.25) is 4.79 Å². The number of rotatable bonds is 4. The second-order valence-electron chi connectivity index (χ2n) is 2.92. The van der Waals surface area contributed by atoms with Crippen LogP contribution >= 0.6 is 0 Å². The van der Waals surface area contributed by atoms with Crippen molar-refractivity contribution in [3.8, 4) is 5.75 Å². The van der Waals surface area contributed by atoms with Crippen LogP contribution in [-0.2, 0) is 4.79 Å². The molecule has 0 aliphatic rings. The molecule has 1 rings (SSSR count). The van der Waals surface area contributed by atoms with Gasteiger partial charge in [-0.05, 0) is 24.2 Å². The zero-order valence-electron chi connectivity index (χ0n) is 7.90. The molecule has 0 heterocycles. The smallest absolute Gasteiger partial charge is 0.325 e. The monoisotopic (exact) mass is 195 g/mol. The highest BCUT2D eigenvalue weighted by Gasteiger charge is 2.17. The molecule has 0 saturated heterocycles. The van der Waals surface area contributed by atoms with Crippen LogP contribution in [0, 0.1) is 0 Å². The molecule has 3 N–H and O–H groups in total. The maximum Gasteiger partial charge on any atom is 0.325 e. The first-order valence-corrected chi connectivity index (χ1v) is 4.40. The summed E-state index contributed by atoms with van der Waals surface area (Å²) in [4.78, 5) is 10.8. The van der Waals surface area contributed by atoms with Crippen molar-refractivity contribution in [2.75, 3.05) is 6.54 Å². The van der Waals surface area contributed by atoms with E-state index in [1.807, 2.05) is 6.92 Å². The molecule has 0 aliphatic carbocycles. The summed E-state index contributed by atoms with van der Waals surface area (Å²) in [5.41, 5.74) is 0.636. The summed E-state index contributed by atoms with van der Waals surface area (Å²) in [5.74, 6) is -0.785. The molecular weight excluding hydrogens is 182 g/mol. The van der Waals surface area contributed by atoms with Crippen LogP contribution in [-0.4, -0.2) is 22.7 Å². The molecule has 4 heteroatoms. The average Bonchev–Trinajstić information content (AvgIpc) is 2.15. The third-order valence-corrected chi connectivity index (χ3v) is 1.88. The number of phenolic OH excluding ortho intramolecular Hbond substituents is 1. The lowest BCUT2D eigenvalue weighted by Gasteiger charge is -2.13. The van der Waals surface area contributed by atoms with Gasteiger partial charge in [0.2, 0.25) is 0 Å². The van der Waals surface area contributed by atoms with E-state index in [0.29, 0.717) is 12.1 Å². The molecule has 14 heavy (non-hydrogen) atoms. The highest BCUT2D eigenvalue weighted by atomic mass is 16.4. The third kappa shape index (κ3) is 2.47. The normalized spacial score (nSPS) is 12.4. The van der Waals surface area contributed by atoms with E-state index in [2.05, 4.69) is 5.32 Å². The Morgan fingerprint density at radius 2 is 2.00 bits per heavy atom. The van der Waals surface area contributed by atoms with E-state index in [-0.39, 0.29) is 5.75 Å². The molecular formula is C10H13NO3. The second-order valence-corrected chi connectivity index (χ2v) is 2.92. The molecule has 1 aromatic rings. The minimum absolute atomic E-state index is 0.134. The number of aromatic hydroxyl groups is 1. The van der Waals surface area contributed by atoms with Gasteiger partial charge in [0.05, 0.1) is 0 Å². The van der Waals surface area contributed by atoms with E-state index < -0.39 is 12.0 Å². The van der Waals surface area contributed by atoms with E-state index in [1.54, 1.807) is 12.1 Å². The SMILES string of the molecule is CCNC(C(=O)O)c1ccc(O)cc1. The third-order valence-electron chi connectivity index (χ3n) is 1.88. The predicted molar refractivity (Wildman–Crippen MR) is 52.2 cm³/mol. The van der Waals surface area contributed by atoms with Crippen LogP contribution in [0.1, 0.15) is 18.5 Å². The summed E-state index contributed by atoms with van der Waals surface area (Å²) in [5, 5.41) is 20.8. The zero-order valence-corrected chi connectivity index (χ0v) is 7.90. The first kappa shape index (κ1) is 10.5. The minimum Gasteiger partial charge on any atom is -0.508 e. The van der Waals surface area contributed by atoms with Crippen LogP contribution in [0.3, 0.4) is 0 Å². The van der Waals surface area contributed by atoms with Gasteiger partial charge in [-0.25, -0.2) is 0 Å². The van der Waals surface area contributed by atoms with Gasteiger partial charge in [-0.1, -0.05) is 19.1 Å². The van der Waals surface area contributed by atoms with E-state index in [1.165, 1.54) is 12.1 Å². The maximum atomic E-state index is 10.8. The number of hydrogen-bond donors (Lipinski definition) is 3. The fourth-order valence-corrected chi connectivity index (χ4v) is 1.22. The topological polar surface area (TPSA) is 69.6 Å². The van der Waals surface area contributed by atoms with E-state index >= 15 is 0 Å². The summed E-state index contributed by atoms with van der Waals surface area (Å²) < 4.78 is 0. The van der Waals surface area contributed by atoms with E-state index in [9.17, 15) is 4.79 Å². The van der Waals surface area contributed by atoms with Gasteiger partial charge in [-0.15, -0.1) is 0 Å². The molecule has 0 amide bonds. The molecule has 1 unspecified atom stereocenters. The molecule has 4 nitrogen and oxygen atoms in total. The fourth-order valence-electron chi connectivity index (χ4n) is 1.22. The van der Waals surface area contributed by atoms with E-state index in [0.717, 1.165) is 0 Å². The van der Waals surface area contributed by atoms with Crippen LogP contribution in [0.5, 0.6) is 5.75 Å². The number of aliphatic carboxylic acids is 1. The Bertz CT molecular complexity index is 308. The number of phenols is 1. The predicted octanol–water partition coefficient (Wildman–Crippen LogP) is 1.13. The van der Waals surface area contributed by atoms with Gasteiger partial charge < -0.3 is 15.5 Å². The number of carboxylic acid groups (broad SMARTS) is 1. The molecule has 0 aliphatic heterocycles. The van der Waals surface area contributed by atoms with Gasteiger partial charge in [0.1, 0.15) is 11.8 Å². The number of likely N-dealkylation sites (N-methyl/N-ethyl adjacent to an activating group) is 1. The minimum atomic E-state index is -0.919. The lowest BCUT2D eigenvalue weighted by Crippen LogP contribution is -2.28. The first-order chi connectivity index (χ1) is 6.65. The first-order valence-electron chi connectivity index (χ1n) is 4.40. The number of benzene rings is 1. The Kier molecular flexibility index (Phi) is 3.48. The summed E-state index contributed by atoms with van der Waals surface area (Å²) >= 11 is 0. The van der Waals surface area contributed by atoms with Gasteiger partial charge >= 0.3 is 5.97 Å². The molecule has 0 fully saturated rings. The second kappa shape index (κ2) is 4.62. The van der Waals surface area contributed by atoms with Crippen molar-refractivity contribution in [2.24, 2.45) is 0 Å². The maximum absolute atomic E-state index is 10.8. The van der Waals surface area contributed by atoms with Crippen molar-refractivity contribution in [2.45, 2.75) is 13.0 Å². The Morgan fingerprint density at radius 3 is 2.43 bits per heavy atom. The molecule has 76 valence electrons. The number of carbonyl (C=O) groups is 1. The van der Waals surface area contributed by atoms with Crippen molar-refractivity contribution in [1.82, 2.24) is 5.32 Å². The van der Waals surface area contributed by atoms with Gasteiger partial charge in [0, 0.05) is 0 Å². The van der Waals surface area contributed by atoms with Gasteiger partial charge in [-0.2, -0.15) is 0 Å². The van der Waals surface area contributed by atoms with Crippen LogP contribution in [0.25, 0.3) is 0 Å². The number of hydrogen-bond acceptors (Lipinski definition) is 3. The molecule has 0 saturated carbocycles. The number of carboxylic acids is 1. The van der Waals surface area contributed by atoms with Crippen LogP contribution < -0.4 is 5.32 Å². The summed E-state index contributed by atoms with van der Waals surface area (Å²) in [6.45, 7) is 2.42. The van der Waals surface area contributed by atoms with Crippen molar-refractivity contribution in [3.63, 3.8) is 0 Å². The Hall–Kier alpha value is -1.55. The highest BCUT2D eigenvalue weighted by Crippen LogP contribution is 2.16. The molecule has 0 spiro atoms. The van der Waals surface area contributed by atoms with Crippen molar-refractivity contribution in [1.29, 1.82) is 0 Å². The summed E-state index contributed by atoms with van der Waals surface area (Å²) in [7, 11) is 0. The van der Waals surface area contributed by atoms with Crippen LogP contribution in [0.2, 0.25) is 0 Å². The fraction of sp³-hybridized carbons (Fsp3) is 0.300. The largest absolute Gasteiger partial charge is 0.508 e. The quantitative estimate of drug-likeness (QED) is 0.673. The average molecular weight is 195 g/mol. The zero-order chi connectivity index (χ0) is 10.6. The summed E-state index contributed by atoms with van der Waals surface area (Å²) in [6.07, 6.45) is 0. The summed E-state index contributed by atoms with van der Waals surface area (Å²) in [6, 6.07) is 5.43. The van der Waals surface area contributed by atoms with Crippen molar-refractivity contribution >= 4 is 5.97 Å². The number of nitrogens with one attached hydrogen (secondary N) is 1. The Morgan fingerprint density at radius 1 is 1.43 bits per heavy atom. The van der Waals surface area contributed by atoms with Crippen molar-refractivity contribution < 1.29 is 15.0 Å². The Balaban J connectivity index is 2.87. The molecule has 0 radical (unpaired) electrons. The highest BCUT2D eigenvalue weighted by molar-refractivity contribution is 5.75. The molecule has 1 aromatic carbocycles. The molecule has 0 bridgehead atoms. The van der Waals surface area contributed by atoms with Gasteiger partial charge in [0.25, 0.3) is 0 Å². The van der Waals surface area contributed by atoms with Gasteiger partial charge in [0.15, 0.2) is 0 Å². The lowest BCUT2D eigenvalue weighted by atomic mass is 10.1. The molecule has 1 atom stereocenters. The standard InChI is InChI=1S/C10H13NO3/c1-2-11-9(10(13)14)7-3-5-8(12)6-4-7/h3-6,9,11-12H,2H2,1H3,(H,13,14). The lowest BCUT2D eigenvalue weighted by molar-refractivity contribution is -0.139. The van der Waals surface area contributed by atoms with Crippen LogP contribution in [0.4, 0.5) is 0 Å². The van der Waals surface area contributed by atoms with Crippen LogP contribution in [0.15, 0.2) is 24.3 Å².